The zero-order valence-electron chi connectivity index (χ0n) is 21.4. The topological polar surface area (TPSA) is 43.8 Å². The lowest BCUT2D eigenvalue weighted by molar-refractivity contribution is -0.162. The van der Waals surface area contributed by atoms with Gasteiger partial charge in [-0.25, -0.2) is 4.98 Å². The highest BCUT2D eigenvalue weighted by atomic mass is 32.2. The van der Waals surface area contributed by atoms with Crippen LogP contribution in [-0.4, -0.2) is 38.6 Å². The summed E-state index contributed by atoms with van der Waals surface area (Å²) in [5.41, 5.74) is 6.84. The van der Waals surface area contributed by atoms with Crippen molar-refractivity contribution >= 4 is 34.0 Å². The summed E-state index contributed by atoms with van der Waals surface area (Å²) in [5.74, 6) is 0.845. The van der Waals surface area contributed by atoms with E-state index in [-0.39, 0.29) is 6.29 Å². The Morgan fingerprint density at radius 3 is 2.76 bits per heavy atom. The quantitative estimate of drug-likeness (QED) is 0.237. The van der Waals surface area contributed by atoms with Gasteiger partial charge in [0.25, 0.3) is 0 Å². The molecular weight excluding hydrogens is 480 g/mol. The number of benzene rings is 3. The second-order valence-corrected chi connectivity index (χ2v) is 10.7. The molecule has 5 nitrogen and oxygen atoms in total. The van der Waals surface area contributed by atoms with E-state index in [2.05, 4.69) is 66.5 Å². The number of rotatable bonds is 7. The minimum atomic E-state index is -0.0512. The molecule has 0 radical (unpaired) electrons. The van der Waals surface area contributed by atoms with Crippen molar-refractivity contribution in [1.29, 1.82) is 0 Å². The molecule has 1 saturated heterocycles. The van der Waals surface area contributed by atoms with E-state index in [9.17, 15) is 0 Å². The molecule has 6 heteroatoms. The van der Waals surface area contributed by atoms with Gasteiger partial charge in [-0.05, 0) is 86.2 Å². The molecule has 190 valence electrons. The van der Waals surface area contributed by atoms with Crippen LogP contribution >= 0.6 is 11.8 Å². The molecule has 37 heavy (non-hydrogen) atoms. The van der Waals surface area contributed by atoms with Gasteiger partial charge in [0.1, 0.15) is 5.75 Å². The van der Waals surface area contributed by atoms with Gasteiger partial charge in [0, 0.05) is 34.4 Å². The van der Waals surface area contributed by atoms with Gasteiger partial charge in [-0.1, -0.05) is 30.0 Å². The maximum atomic E-state index is 6.02. The second kappa shape index (κ2) is 10.7. The summed E-state index contributed by atoms with van der Waals surface area (Å²) in [6, 6.07) is 23.6. The maximum Gasteiger partial charge on any atom is 0.157 e. The standard InChI is InChI=1S/C31H32N2O3S/c1-33-26-9-3-4-10-28(26)37-29-20-22(12-15-27(29)33)31-21(8-7-17-36-30-11-5-6-16-35-30)18-23-19-24(34-2)13-14-25(23)32-31/h3-4,9-10,12-15,18-20,30H,5-8,11,16-17H2,1-2H3. The Morgan fingerprint density at radius 2 is 1.89 bits per heavy atom. The molecule has 0 bridgehead atoms. The highest BCUT2D eigenvalue weighted by Gasteiger charge is 2.22. The average Bonchev–Trinajstić information content (AvgIpc) is 2.95. The lowest BCUT2D eigenvalue weighted by Gasteiger charge is -2.29. The Labute approximate surface area is 222 Å². The number of anilines is 2. The van der Waals surface area contributed by atoms with Crippen molar-refractivity contribution < 1.29 is 14.2 Å². The Bertz CT molecular complexity index is 1420. The number of hydrogen-bond donors (Lipinski definition) is 0. The molecule has 1 aromatic heterocycles. The van der Waals surface area contributed by atoms with E-state index in [0.29, 0.717) is 6.61 Å². The van der Waals surface area contributed by atoms with E-state index in [1.165, 1.54) is 33.2 Å². The lowest BCUT2D eigenvalue weighted by Crippen LogP contribution is -2.22. The number of aryl methyl sites for hydroxylation is 1. The normalized spacial score (nSPS) is 16.9. The molecule has 0 N–H and O–H groups in total. The van der Waals surface area contributed by atoms with E-state index < -0.39 is 0 Å². The number of methoxy groups -OCH3 is 1. The van der Waals surface area contributed by atoms with Crippen molar-refractivity contribution in [2.75, 3.05) is 32.3 Å². The number of hydrogen-bond acceptors (Lipinski definition) is 6. The van der Waals surface area contributed by atoms with Crippen LogP contribution in [-0.2, 0) is 15.9 Å². The third-order valence-electron chi connectivity index (χ3n) is 7.17. The van der Waals surface area contributed by atoms with E-state index in [1.807, 2.05) is 23.9 Å². The van der Waals surface area contributed by atoms with Crippen LogP contribution in [0.1, 0.15) is 31.2 Å². The van der Waals surface area contributed by atoms with E-state index >= 15 is 0 Å². The first-order chi connectivity index (χ1) is 18.2. The molecule has 1 fully saturated rings. The number of pyridine rings is 1. The predicted octanol–water partition coefficient (Wildman–Crippen LogP) is 7.62. The summed E-state index contributed by atoms with van der Waals surface area (Å²) in [7, 11) is 3.84. The fourth-order valence-corrected chi connectivity index (χ4v) is 6.36. The maximum absolute atomic E-state index is 6.02. The fourth-order valence-electron chi connectivity index (χ4n) is 5.17. The third kappa shape index (κ3) is 5.06. The van der Waals surface area contributed by atoms with Crippen molar-refractivity contribution in [3.8, 4) is 17.0 Å². The van der Waals surface area contributed by atoms with Gasteiger partial charge < -0.3 is 19.1 Å². The first-order valence-electron chi connectivity index (χ1n) is 13.1. The van der Waals surface area contributed by atoms with Gasteiger partial charge in [0.2, 0.25) is 0 Å². The highest BCUT2D eigenvalue weighted by molar-refractivity contribution is 7.99. The SMILES string of the molecule is COc1ccc2nc(-c3ccc4c(c3)Sc3ccccc3N4C)c(CCCOC3CCCCO3)cc2c1. The Hall–Kier alpha value is -3.06. The van der Waals surface area contributed by atoms with E-state index in [1.54, 1.807) is 7.11 Å². The molecule has 3 heterocycles. The van der Waals surface area contributed by atoms with Crippen LogP contribution in [0.2, 0.25) is 0 Å². The first kappa shape index (κ1) is 24.3. The van der Waals surface area contributed by atoms with Gasteiger partial charge in [-0.3, -0.25) is 0 Å². The number of para-hydroxylation sites is 1. The van der Waals surface area contributed by atoms with Crippen LogP contribution in [0.25, 0.3) is 22.2 Å². The largest absolute Gasteiger partial charge is 0.497 e. The van der Waals surface area contributed by atoms with Crippen molar-refractivity contribution in [1.82, 2.24) is 4.98 Å². The van der Waals surface area contributed by atoms with Crippen LogP contribution < -0.4 is 9.64 Å². The zero-order chi connectivity index (χ0) is 25.2. The minimum Gasteiger partial charge on any atom is -0.497 e. The molecule has 6 rings (SSSR count). The average molecular weight is 513 g/mol. The summed E-state index contributed by atoms with van der Waals surface area (Å²) in [5, 5.41) is 1.09. The molecule has 2 aliphatic heterocycles. The number of nitrogens with zero attached hydrogens (tertiary/aromatic N) is 2. The molecule has 1 atom stereocenters. The molecule has 0 aliphatic carbocycles. The molecule has 0 saturated carbocycles. The van der Waals surface area contributed by atoms with Gasteiger partial charge in [0.05, 0.1) is 36.3 Å². The molecule has 3 aromatic carbocycles. The lowest BCUT2D eigenvalue weighted by atomic mass is 9.99. The summed E-state index contributed by atoms with van der Waals surface area (Å²) >= 11 is 1.83. The van der Waals surface area contributed by atoms with Crippen LogP contribution in [0.3, 0.4) is 0 Å². The van der Waals surface area contributed by atoms with Gasteiger partial charge in [-0.2, -0.15) is 0 Å². The summed E-state index contributed by atoms with van der Waals surface area (Å²) in [6.45, 7) is 1.49. The monoisotopic (exact) mass is 512 g/mol. The van der Waals surface area contributed by atoms with Crippen molar-refractivity contribution in [3.63, 3.8) is 0 Å². The fraction of sp³-hybridized carbons (Fsp3) is 0.323. The van der Waals surface area contributed by atoms with Crippen molar-refractivity contribution in [2.45, 2.75) is 48.2 Å². The summed E-state index contributed by atoms with van der Waals surface area (Å²) < 4.78 is 17.2. The minimum absolute atomic E-state index is 0.0512. The molecule has 4 aromatic rings. The van der Waals surface area contributed by atoms with Gasteiger partial charge in [-0.15, -0.1) is 0 Å². The number of ether oxygens (including phenoxy) is 3. The van der Waals surface area contributed by atoms with Crippen LogP contribution in [0.4, 0.5) is 11.4 Å². The van der Waals surface area contributed by atoms with Crippen LogP contribution in [0, 0.1) is 0 Å². The van der Waals surface area contributed by atoms with Crippen molar-refractivity contribution in [2.24, 2.45) is 0 Å². The number of aromatic nitrogens is 1. The van der Waals surface area contributed by atoms with Gasteiger partial charge >= 0.3 is 0 Å². The molecule has 1 unspecified atom stereocenters. The predicted molar refractivity (Wildman–Crippen MR) is 150 cm³/mol. The van der Waals surface area contributed by atoms with Crippen LogP contribution in [0.15, 0.2) is 76.5 Å². The summed E-state index contributed by atoms with van der Waals surface area (Å²) in [6.07, 6.45) is 5.06. The van der Waals surface area contributed by atoms with Crippen molar-refractivity contribution in [3.05, 3.63) is 72.3 Å². The Balaban J connectivity index is 1.31. The molecular formula is C31H32N2O3S. The first-order valence-corrected chi connectivity index (χ1v) is 13.9. The Kier molecular flexibility index (Phi) is 7.05. The third-order valence-corrected chi connectivity index (χ3v) is 8.29. The van der Waals surface area contributed by atoms with E-state index in [4.69, 9.17) is 19.2 Å². The zero-order valence-corrected chi connectivity index (χ0v) is 22.2. The Morgan fingerprint density at radius 1 is 1.00 bits per heavy atom. The van der Waals surface area contributed by atoms with Crippen LogP contribution in [0.5, 0.6) is 5.75 Å². The smallest absolute Gasteiger partial charge is 0.157 e. The number of fused-ring (bicyclic) bond motifs is 3. The molecule has 0 amide bonds. The molecule has 0 spiro atoms. The summed E-state index contributed by atoms with van der Waals surface area (Å²) in [4.78, 5) is 9.95. The molecule has 2 aliphatic rings. The highest BCUT2D eigenvalue weighted by Crippen LogP contribution is 2.48. The van der Waals surface area contributed by atoms with Gasteiger partial charge in [0.15, 0.2) is 6.29 Å². The second-order valence-electron chi connectivity index (χ2n) is 9.64. The van der Waals surface area contributed by atoms with E-state index in [0.717, 1.165) is 60.2 Å².